The van der Waals surface area contributed by atoms with Crippen LogP contribution in [0.2, 0.25) is 0 Å². The second-order valence-corrected chi connectivity index (χ2v) is 13.5. The van der Waals surface area contributed by atoms with Crippen molar-refractivity contribution in [2.24, 2.45) is 0 Å². The molecule has 44 heavy (non-hydrogen) atoms. The monoisotopic (exact) mass is 624 g/mol. The number of allylic oxidation sites excluding steroid dienone is 1. The Hall–Kier alpha value is -0.910. The fraction of sp³-hybridized carbons (Fsp3) is 0.923. The number of rotatable bonds is 35. The molecule has 0 radical (unpaired) electrons. The Morgan fingerprint density at radius 2 is 0.932 bits per heavy atom. The van der Waals surface area contributed by atoms with Crippen molar-refractivity contribution in [1.82, 2.24) is 5.32 Å². The molecular weight excluding hydrogens is 546 g/mol. The van der Waals surface area contributed by atoms with Gasteiger partial charge in [-0.25, -0.2) is 0 Å². The summed E-state index contributed by atoms with van der Waals surface area (Å²) in [6.45, 7) is 4.19. The second-order valence-electron chi connectivity index (χ2n) is 13.5. The van der Waals surface area contributed by atoms with E-state index in [1.54, 1.807) is 6.08 Å². The summed E-state index contributed by atoms with van der Waals surface area (Å²) in [5.41, 5.74) is 0. The maximum absolute atomic E-state index is 12.3. The lowest BCUT2D eigenvalue weighted by Gasteiger charge is -2.21. The highest BCUT2D eigenvalue weighted by atomic mass is 16.3. The molecule has 0 spiro atoms. The van der Waals surface area contributed by atoms with Crippen molar-refractivity contribution in [2.45, 2.75) is 225 Å². The van der Waals surface area contributed by atoms with Crippen molar-refractivity contribution in [2.75, 3.05) is 6.61 Å². The number of unbranched alkanes of at least 4 members (excludes halogenated alkanes) is 26. The van der Waals surface area contributed by atoms with Crippen molar-refractivity contribution in [3.05, 3.63) is 12.2 Å². The van der Waals surface area contributed by atoms with E-state index in [1.807, 2.05) is 6.08 Å². The number of aliphatic hydroxyl groups excluding tert-OH is 3. The SMILES string of the molecule is CCCCCCCCCCCCCCCCCCCC/C=C/C(O)C(CO)NC(=O)CC(O)CCCCCCCCCCC. The summed E-state index contributed by atoms with van der Waals surface area (Å²) in [5.74, 6) is -0.316. The summed E-state index contributed by atoms with van der Waals surface area (Å²) in [6.07, 6.45) is 39.2. The highest BCUT2D eigenvalue weighted by molar-refractivity contribution is 5.76. The average molecular weight is 624 g/mol. The number of hydrogen-bond donors (Lipinski definition) is 4. The molecular formula is C39H77NO4. The summed E-state index contributed by atoms with van der Waals surface area (Å²) in [7, 11) is 0. The van der Waals surface area contributed by atoms with E-state index in [1.165, 1.54) is 154 Å². The van der Waals surface area contributed by atoms with Crippen molar-refractivity contribution in [3.8, 4) is 0 Å². The van der Waals surface area contributed by atoms with Gasteiger partial charge in [0.05, 0.1) is 31.3 Å². The van der Waals surface area contributed by atoms with Gasteiger partial charge in [0.15, 0.2) is 0 Å². The predicted molar refractivity (Wildman–Crippen MR) is 190 cm³/mol. The predicted octanol–water partition coefficient (Wildman–Crippen LogP) is 10.5. The van der Waals surface area contributed by atoms with E-state index >= 15 is 0 Å². The van der Waals surface area contributed by atoms with Crippen LogP contribution in [0.5, 0.6) is 0 Å². The van der Waals surface area contributed by atoms with Crippen LogP contribution in [0.1, 0.15) is 206 Å². The number of carbonyl (C=O) groups excluding carboxylic acids is 1. The zero-order valence-corrected chi connectivity index (χ0v) is 29.6. The summed E-state index contributed by atoms with van der Waals surface area (Å²) in [5, 5.41) is 33.0. The highest BCUT2D eigenvalue weighted by Crippen LogP contribution is 2.15. The third-order valence-corrected chi connectivity index (χ3v) is 9.07. The van der Waals surface area contributed by atoms with Gasteiger partial charge in [0, 0.05) is 0 Å². The Morgan fingerprint density at radius 3 is 1.32 bits per heavy atom. The Bertz CT molecular complexity index is 611. The fourth-order valence-corrected chi connectivity index (χ4v) is 6.05. The zero-order chi connectivity index (χ0) is 32.4. The Morgan fingerprint density at radius 1 is 0.568 bits per heavy atom. The molecule has 0 aliphatic carbocycles. The molecule has 0 saturated carbocycles. The van der Waals surface area contributed by atoms with Crippen LogP contribution in [0.3, 0.4) is 0 Å². The van der Waals surface area contributed by atoms with Gasteiger partial charge >= 0.3 is 0 Å². The molecule has 0 aromatic carbocycles. The van der Waals surface area contributed by atoms with Gasteiger partial charge in [-0.2, -0.15) is 0 Å². The van der Waals surface area contributed by atoms with Gasteiger partial charge in [0.1, 0.15) is 0 Å². The first kappa shape index (κ1) is 43.1. The van der Waals surface area contributed by atoms with Crippen LogP contribution in [-0.4, -0.2) is 46.1 Å². The molecule has 1 amide bonds. The summed E-state index contributed by atoms with van der Waals surface area (Å²) in [6, 6.07) is -0.737. The number of carbonyl (C=O) groups is 1. The fourth-order valence-electron chi connectivity index (χ4n) is 6.05. The first-order valence-corrected chi connectivity index (χ1v) is 19.5. The van der Waals surface area contributed by atoms with Crippen LogP contribution in [0.4, 0.5) is 0 Å². The van der Waals surface area contributed by atoms with Crippen LogP contribution < -0.4 is 5.32 Å². The molecule has 0 aromatic rings. The minimum Gasteiger partial charge on any atom is -0.394 e. The van der Waals surface area contributed by atoms with E-state index in [4.69, 9.17) is 0 Å². The smallest absolute Gasteiger partial charge is 0.222 e. The topological polar surface area (TPSA) is 89.8 Å². The van der Waals surface area contributed by atoms with Crippen molar-refractivity contribution >= 4 is 5.91 Å². The molecule has 4 N–H and O–H groups in total. The maximum Gasteiger partial charge on any atom is 0.222 e. The van der Waals surface area contributed by atoms with E-state index in [0.717, 1.165) is 25.7 Å². The largest absolute Gasteiger partial charge is 0.394 e. The first-order chi connectivity index (χ1) is 21.5. The van der Waals surface area contributed by atoms with Crippen LogP contribution in [0.15, 0.2) is 12.2 Å². The third-order valence-electron chi connectivity index (χ3n) is 9.07. The molecule has 3 unspecified atom stereocenters. The lowest BCUT2D eigenvalue weighted by atomic mass is 10.0. The van der Waals surface area contributed by atoms with E-state index in [0.29, 0.717) is 6.42 Å². The average Bonchev–Trinajstić information content (AvgIpc) is 3.01. The highest BCUT2D eigenvalue weighted by Gasteiger charge is 2.20. The zero-order valence-electron chi connectivity index (χ0n) is 29.6. The van der Waals surface area contributed by atoms with Gasteiger partial charge < -0.3 is 20.6 Å². The first-order valence-electron chi connectivity index (χ1n) is 19.5. The standard InChI is InChI=1S/C39H77NO4/c1-3-5-7-9-11-13-14-15-16-17-18-19-20-21-22-23-25-27-29-31-33-38(43)37(35-41)40-39(44)34-36(42)32-30-28-26-24-12-10-8-6-4-2/h31,33,36-38,41-43H,3-30,32,34-35H2,1-2H3,(H,40,44)/b33-31+. The Labute approximate surface area is 274 Å². The van der Waals surface area contributed by atoms with Crippen molar-refractivity contribution in [3.63, 3.8) is 0 Å². The molecule has 0 heterocycles. The van der Waals surface area contributed by atoms with Gasteiger partial charge in [-0.3, -0.25) is 4.79 Å². The summed E-state index contributed by atoms with van der Waals surface area (Å²) in [4.78, 5) is 12.3. The molecule has 3 atom stereocenters. The van der Waals surface area contributed by atoms with E-state index in [-0.39, 0.29) is 18.9 Å². The Kier molecular flexibility index (Phi) is 34.2. The minimum atomic E-state index is -0.922. The molecule has 0 fully saturated rings. The van der Waals surface area contributed by atoms with E-state index in [2.05, 4.69) is 19.2 Å². The van der Waals surface area contributed by atoms with Crippen LogP contribution in [-0.2, 0) is 4.79 Å². The van der Waals surface area contributed by atoms with Crippen molar-refractivity contribution in [1.29, 1.82) is 0 Å². The number of nitrogens with one attached hydrogen (secondary N) is 1. The molecule has 0 rings (SSSR count). The molecule has 0 aliphatic heterocycles. The Balaban J connectivity index is 3.65. The summed E-state index contributed by atoms with van der Waals surface area (Å²) >= 11 is 0. The molecule has 5 nitrogen and oxygen atoms in total. The molecule has 0 saturated heterocycles. The minimum absolute atomic E-state index is 0.0171. The van der Waals surface area contributed by atoms with Gasteiger partial charge in [-0.15, -0.1) is 0 Å². The van der Waals surface area contributed by atoms with Gasteiger partial charge in [-0.1, -0.05) is 193 Å². The quantitative estimate of drug-likeness (QED) is 0.0418. The summed E-state index contributed by atoms with van der Waals surface area (Å²) < 4.78 is 0. The molecule has 5 heteroatoms. The molecule has 262 valence electrons. The lowest BCUT2D eigenvalue weighted by molar-refractivity contribution is -0.124. The lowest BCUT2D eigenvalue weighted by Crippen LogP contribution is -2.45. The third kappa shape index (κ3) is 31.1. The van der Waals surface area contributed by atoms with Gasteiger partial charge in [-0.05, 0) is 19.3 Å². The normalized spacial score (nSPS) is 13.8. The number of hydrogen-bond acceptors (Lipinski definition) is 4. The van der Waals surface area contributed by atoms with Gasteiger partial charge in [0.25, 0.3) is 0 Å². The van der Waals surface area contributed by atoms with Crippen LogP contribution in [0, 0.1) is 0 Å². The number of amides is 1. The van der Waals surface area contributed by atoms with Crippen molar-refractivity contribution < 1.29 is 20.1 Å². The van der Waals surface area contributed by atoms with Gasteiger partial charge in [0.2, 0.25) is 5.91 Å². The van der Waals surface area contributed by atoms with Crippen LogP contribution >= 0.6 is 0 Å². The second kappa shape index (κ2) is 35.0. The van der Waals surface area contributed by atoms with E-state index < -0.39 is 18.2 Å². The van der Waals surface area contributed by atoms with Crippen LogP contribution in [0.25, 0.3) is 0 Å². The molecule has 0 bridgehead atoms. The maximum atomic E-state index is 12.3. The molecule has 0 aromatic heterocycles. The number of aliphatic hydroxyl groups is 3. The molecule has 0 aliphatic rings. The van der Waals surface area contributed by atoms with E-state index in [9.17, 15) is 20.1 Å².